The Kier molecular flexibility index (Phi) is 4.16. The lowest BCUT2D eigenvalue weighted by molar-refractivity contribution is 0.105. The first-order valence-corrected chi connectivity index (χ1v) is 6.61. The monoisotopic (exact) mass is 346 g/mol. The molecule has 0 radical (unpaired) electrons. The molecule has 18 heavy (non-hydrogen) atoms. The van der Waals surface area contributed by atoms with E-state index in [0.717, 1.165) is 9.13 Å². The van der Waals surface area contributed by atoms with Gasteiger partial charge in [0.1, 0.15) is 0 Å². The largest absolute Gasteiger partial charge is 0.279 e. The van der Waals surface area contributed by atoms with Gasteiger partial charge in [0.15, 0.2) is 0 Å². The van der Waals surface area contributed by atoms with E-state index in [1.165, 1.54) is 5.56 Å². The molecule has 0 saturated heterocycles. The lowest BCUT2D eigenvalue weighted by atomic mass is 10.1. The Bertz CT molecular complexity index is 613. The summed E-state index contributed by atoms with van der Waals surface area (Å²) in [6.45, 7) is 2.02. The van der Waals surface area contributed by atoms with Crippen LogP contribution in [0.25, 0.3) is 0 Å². The SMILES string of the molecule is Cc1ccc(C#CC(=O)c2ccc(I)cc2)cc1. The number of benzene rings is 2. The first-order chi connectivity index (χ1) is 8.65. The molecule has 2 aromatic carbocycles. The molecule has 2 heteroatoms. The highest BCUT2D eigenvalue weighted by Gasteiger charge is 2.00. The summed E-state index contributed by atoms with van der Waals surface area (Å²) >= 11 is 2.21. The molecule has 0 atom stereocenters. The van der Waals surface area contributed by atoms with Gasteiger partial charge >= 0.3 is 0 Å². The van der Waals surface area contributed by atoms with Crippen LogP contribution in [0.4, 0.5) is 0 Å². The van der Waals surface area contributed by atoms with E-state index >= 15 is 0 Å². The third-order valence-electron chi connectivity index (χ3n) is 2.48. The van der Waals surface area contributed by atoms with E-state index in [-0.39, 0.29) is 5.78 Å². The van der Waals surface area contributed by atoms with Crippen molar-refractivity contribution in [1.29, 1.82) is 0 Å². The van der Waals surface area contributed by atoms with E-state index in [4.69, 9.17) is 0 Å². The maximum absolute atomic E-state index is 11.8. The minimum absolute atomic E-state index is 0.146. The summed E-state index contributed by atoms with van der Waals surface area (Å²) in [5, 5.41) is 0. The molecule has 0 bridgehead atoms. The van der Waals surface area contributed by atoms with Crippen LogP contribution >= 0.6 is 22.6 Å². The van der Waals surface area contributed by atoms with Gasteiger partial charge in [-0.05, 0) is 71.8 Å². The van der Waals surface area contributed by atoms with Crippen molar-refractivity contribution < 1.29 is 4.79 Å². The van der Waals surface area contributed by atoms with E-state index in [1.54, 1.807) is 12.1 Å². The van der Waals surface area contributed by atoms with Crippen LogP contribution in [0.5, 0.6) is 0 Å². The lowest BCUT2D eigenvalue weighted by Gasteiger charge is -1.94. The third-order valence-corrected chi connectivity index (χ3v) is 3.20. The Morgan fingerprint density at radius 3 is 2.22 bits per heavy atom. The Morgan fingerprint density at radius 1 is 1.00 bits per heavy atom. The standard InChI is InChI=1S/C16H11IO/c1-12-2-4-13(5-3-12)6-11-16(18)14-7-9-15(17)10-8-14/h2-5,7-10H,1H3. The molecule has 0 aliphatic rings. The highest BCUT2D eigenvalue weighted by molar-refractivity contribution is 14.1. The van der Waals surface area contributed by atoms with Crippen LogP contribution in [-0.4, -0.2) is 5.78 Å². The van der Waals surface area contributed by atoms with Crippen LogP contribution in [0.3, 0.4) is 0 Å². The van der Waals surface area contributed by atoms with Gasteiger partial charge in [-0.3, -0.25) is 4.79 Å². The number of Topliss-reactive ketones (excluding diaryl/α,β-unsaturated/α-hetero) is 1. The first-order valence-electron chi connectivity index (χ1n) is 5.54. The summed E-state index contributed by atoms with van der Waals surface area (Å²) in [5.74, 6) is 5.40. The van der Waals surface area contributed by atoms with E-state index in [9.17, 15) is 4.79 Å². The van der Waals surface area contributed by atoms with Crippen LogP contribution in [0.1, 0.15) is 21.5 Å². The highest BCUT2D eigenvalue weighted by atomic mass is 127. The van der Waals surface area contributed by atoms with Gasteiger partial charge in [0.2, 0.25) is 5.78 Å². The van der Waals surface area contributed by atoms with Gasteiger partial charge in [0.05, 0.1) is 0 Å². The van der Waals surface area contributed by atoms with Gasteiger partial charge in [-0.25, -0.2) is 0 Å². The fourth-order valence-electron chi connectivity index (χ4n) is 1.44. The number of halogens is 1. The summed E-state index contributed by atoms with van der Waals surface area (Å²) in [6, 6.07) is 15.2. The van der Waals surface area contributed by atoms with Crippen molar-refractivity contribution >= 4 is 28.4 Å². The number of hydrogen-bond donors (Lipinski definition) is 0. The predicted molar refractivity (Wildman–Crippen MR) is 81.5 cm³/mol. The minimum Gasteiger partial charge on any atom is -0.279 e. The Morgan fingerprint density at radius 2 is 1.61 bits per heavy atom. The Balaban J connectivity index is 2.17. The van der Waals surface area contributed by atoms with Crippen molar-refractivity contribution in [2.75, 3.05) is 0 Å². The molecule has 0 aliphatic carbocycles. The van der Waals surface area contributed by atoms with Crippen LogP contribution < -0.4 is 0 Å². The van der Waals surface area contributed by atoms with Gasteiger partial charge in [-0.2, -0.15) is 0 Å². The summed E-state index contributed by atoms with van der Waals surface area (Å²) in [4.78, 5) is 11.8. The van der Waals surface area contributed by atoms with Gasteiger partial charge in [0.25, 0.3) is 0 Å². The number of carbonyl (C=O) groups is 1. The van der Waals surface area contributed by atoms with E-state index in [2.05, 4.69) is 34.4 Å². The maximum atomic E-state index is 11.8. The summed E-state index contributed by atoms with van der Waals surface area (Å²) in [6.07, 6.45) is 0. The summed E-state index contributed by atoms with van der Waals surface area (Å²) < 4.78 is 1.11. The van der Waals surface area contributed by atoms with E-state index in [0.29, 0.717) is 5.56 Å². The summed E-state index contributed by atoms with van der Waals surface area (Å²) in [5.41, 5.74) is 2.68. The highest BCUT2D eigenvalue weighted by Crippen LogP contribution is 2.07. The second-order valence-corrected chi connectivity index (χ2v) is 5.20. The normalized spacial score (nSPS) is 9.44. The molecule has 0 aromatic heterocycles. The van der Waals surface area contributed by atoms with Crippen molar-refractivity contribution in [1.82, 2.24) is 0 Å². The van der Waals surface area contributed by atoms with Gasteiger partial charge in [-0.15, -0.1) is 0 Å². The molecule has 0 heterocycles. The lowest BCUT2D eigenvalue weighted by Crippen LogP contribution is -1.94. The average Bonchev–Trinajstić information content (AvgIpc) is 2.38. The molecule has 0 aliphatic heterocycles. The zero-order valence-corrected chi connectivity index (χ0v) is 12.1. The van der Waals surface area contributed by atoms with Crippen LogP contribution in [-0.2, 0) is 0 Å². The van der Waals surface area contributed by atoms with Gasteiger partial charge in [-0.1, -0.05) is 23.6 Å². The van der Waals surface area contributed by atoms with Crippen molar-refractivity contribution in [2.45, 2.75) is 6.92 Å². The molecule has 0 unspecified atom stereocenters. The number of carbonyl (C=O) groups excluding carboxylic acids is 1. The molecular formula is C16H11IO. The molecule has 1 nitrogen and oxygen atoms in total. The topological polar surface area (TPSA) is 17.1 Å². The minimum atomic E-state index is -0.146. The third kappa shape index (κ3) is 3.44. The van der Waals surface area contributed by atoms with Crippen molar-refractivity contribution in [3.63, 3.8) is 0 Å². The first kappa shape index (κ1) is 12.8. The molecular weight excluding hydrogens is 335 g/mol. The zero-order chi connectivity index (χ0) is 13.0. The second-order valence-electron chi connectivity index (χ2n) is 3.95. The van der Waals surface area contributed by atoms with Crippen LogP contribution in [0.2, 0.25) is 0 Å². The average molecular weight is 346 g/mol. The maximum Gasteiger partial charge on any atom is 0.236 e. The molecule has 0 spiro atoms. The Labute approximate surface area is 120 Å². The number of aryl methyl sites for hydroxylation is 1. The van der Waals surface area contributed by atoms with Crippen molar-refractivity contribution in [3.05, 3.63) is 68.8 Å². The van der Waals surface area contributed by atoms with Crippen molar-refractivity contribution in [2.24, 2.45) is 0 Å². The van der Waals surface area contributed by atoms with Crippen LogP contribution in [0.15, 0.2) is 48.5 Å². The second kappa shape index (κ2) is 5.83. The molecule has 0 amide bonds. The molecule has 0 saturated carbocycles. The number of ketones is 1. The molecule has 2 rings (SSSR count). The number of rotatable bonds is 1. The van der Waals surface area contributed by atoms with Gasteiger partial charge < -0.3 is 0 Å². The quantitative estimate of drug-likeness (QED) is 0.436. The molecule has 2 aromatic rings. The van der Waals surface area contributed by atoms with E-state index in [1.807, 2.05) is 43.3 Å². The zero-order valence-electron chi connectivity index (χ0n) is 9.91. The smallest absolute Gasteiger partial charge is 0.236 e. The summed E-state index contributed by atoms with van der Waals surface area (Å²) in [7, 11) is 0. The van der Waals surface area contributed by atoms with Crippen LogP contribution in [0, 0.1) is 22.3 Å². The van der Waals surface area contributed by atoms with Gasteiger partial charge in [0, 0.05) is 14.7 Å². The molecule has 0 fully saturated rings. The Hall–Kier alpha value is -1.60. The van der Waals surface area contributed by atoms with E-state index < -0.39 is 0 Å². The predicted octanol–water partition coefficient (Wildman–Crippen LogP) is 3.83. The van der Waals surface area contributed by atoms with Crippen molar-refractivity contribution in [3.8, 4) is 11.8 Å². The fourth-order valence-corrected chi connectivity index (χ4v) is 1.80. The molecule has 0 N–H and O–H groups in total. The fraction of sp³-hybridized carbons (Fsp3) is 0.0625. The molecule has 88 valence electrons. The number of hydrogen-bond acceptors (Lipinski definition) is 1.